The highest BCUT2D eigenvalue weighted by molar-refractivity contribution is 5.83. The minimum absolute atomic E-state index is 0.0463. The maximum atomic E-state index is 13.0. The fraction of sp³-hybridized carbons (Fsp3) is 0.375. The summed E-state index contributed by atoms with van der Waals surface area (Å²) in [5, 5.41) is 0. The van der Waals surface area contributed by atoms with E-state index in [0.29, 0.717) is 17.9 Å². The Hall–Kier alpha value is -2.75. The van der Waals surface area contributed by atoms with Crippen LogP contribution in [-0.2, 0) is 11.2 Å². The summed E-state index contributed by atoms with van der Waals surface area (Å²) in [6.07, 6.45) is 3.27. The van der Waals surface area contributed by atoms with E-state index in [0.717, 1.165) is 31.4 Å². The van der Waals surface area contributed by atoms with Gasteiger partial charge in [-0.1, -0.05) is 37.3 Å². The van der Waals surface area contributed by atoms with Crippen molar-refractivity contribution in [3.8, 4) is 11.5 Å². The van der Waals surface area contributed by atoms with Gasteiger partial charge in [-0.25, -0.2) is 0 Å². The van der Waals surface area contributed by atoms with Crippen molar-refractivity contribution in [3.05, 3.63) is 64.7 Å². The fourth-order valence-electron chi connectivity index (χ4n) is 4.59. The molecule has 28 heavy (non-hydrogen) atoms. The molecule has 1 aliphatic heterocycles. The van der Waals surface area contributed by atoms with Crippen LogP contribution in [-0.4, -0.2) is 31.6 Å². The van der Waals surface area contributed by atoms with E-state index in [-0.39, 0.29) is 11.9 Å². The monoisotopic (exact) mass is 377 g/mol. The highest BCUT2D eigenvalue weighted by Crippen LogP contribution is 2.47. The summed E-state index contributed by atoms with van der Waals surface area (Å²) in [7, 11) is 3.29. The van der Waals surface area contributed by atoms with Crippen LogP contribution in [0.2, 0.25) is 0 Å². The molecule has 1 heterocycles. The van der Waals surface area contributed by atoms with Gasteiger partial charge in [0.25, 0.3) is 0 Å². The van der Waals surface area contributed by atoms with E-state index in [2.05, 4.69) is 42.2 Å². The van der Waals surface area contributed by atoms with Crippen LogP contribution in [0, 0.1) is 0 Å². The molecule has 4 nitrogen and oxygen atoms in total. The molecule has 0 radical (unpaired) electrons. The molecule has 0 saturated carbocycles. The molecule has 4 rings (SSSR count). The molecule has 1 unspecified atom stereocenters. The van der Waals surface area contributed by atoms with Crippen LogP contribution < -0.4 is 9.47 Å². The van der Waals surface area contributed by atoms with Crippen molar-refractivity contribution in [2.24, 2.45) is 0 Å². The Bertz CT molecular complexity index is 931. The number of carbonyl (C=O) groups excluding carboxylic acids is 1. The summed E-state index contributed by atoms with van der Waals surface area (Å²) in [4.78, 5) is 15.0. The van der Waals surface area contributed by atoms with Gasteiger partial charge in [-0.2, -0.15) is 0 Å². The second-order valence-electron chi connectivity index (χ2n) is 7.44. The van der Waals surface area contributed by atoms with E-state index in [1.165, 1.54) is 22.3 Å². The molecule has 2 aromatic carbocycles. The van der Waals surface area contributed by atoms with Crippen LogP contribution in [0.5, 0.6) is 11.5 Å². The second kappa shape index (κ2) is 7.70. The number of rotatable bonds is 5. The predicted octanol–water partition coefficient (Wildman–Crippen LogP) is 4.79. The molecule has 0 spiro atoms. The van der Waals surface area contributed by atoms with E-state index in [4.69, 9.17) is 9.47 Å². The zero-order chi connectivity index (χ0) is 19.7. The number of benzene rings is 2. The maximum absolute atomic E-state index is 13.0. The van der Waals surface area contributed by atoms with Crippen molar-refractivity contribution < 1.29 is 14.3 Å². The van der Waals surface area contributed by atoms with Crippen molar-refractivity contribution in [1.82, 2.24) is 4.90 Å². The van der Waals surface area contributed by atoms with Crippen LogP contribution >= 0.6 is 0 Å². The Morgan fingerprint density at radius 2 is 1.89 bits per heavy atom. The van der Waals surface area contributed by atoms with Crippen LogP contribution in [0.4, 0.5) is 0 Å². The third kappa shape index (κ3) is 3.07. The van der Waals surface area contributed by atoms with Crippen molar-refractivity contribution in [2.75, 3.05) is 20.8 Å². The van der Waals surface area contributed by atoms with Crippen LogP contribution in [0.1, 0.15) is 48.9 Å². The largest absolute Gasteiger partial charge is 0.493 e. The Kier molecular flexibility index (Phi) is 5.12. The summed E-state index contributed by atoms with van der Waals surface area (Å²) in [6.45, 7) is 2.81. The zero-order valence-corrected chi connectivity index (χ0v) is 16.8. The molecule has 2 aliphatic rings. The van der Waals surface area contributed by atoms with Gasteiger partial charge < -0.3 is 14.4 Å². The molecular weight excluding hydrogens is 350 g/mol. The molecule has 0 aromatic heterocycles. The molecule has 1 atom stereocenters. The number of nitrogens with zero attached hydrogens (tertiary/aromatic N) is 1. The van der Waals surface area contributed by atoms with Gasteiger partial charge in [0.1, 0.15) is 0 Å². The average molecular weight is 377 g/mol. The predicted molar refractivity (Wildman–Crippen MR) is 111 cm³/mol. The molecule has 146 valence electrons. The Morgan fingerprint density at radius 1 is 1.11 bits per heavy atom. The summed E-state index contributed by atoms with van der Waals surface area (Å²) in [5.74, 6) is 1.63. The topological polar surface area (TPSA) is 38.8 Å². The highest BCUT2D eigenvalue weighted by atomic mass is 16.5. The number of amides is 1. The van der Waals surface area contributed by atoms with E-state index < -0.39 is 0 Å². The van der Waals surface area contributed by atoms with E-state index in [1.54, 1.807) is 14.2 Å². The maximum Gasteiger partial charge on any atom is 0.223 e. The molecule has 0 saturated heterocycles. The minimum Gasteiger partial charge on any atom is -0.493 e. The average Bonchev–Trinajstić information content (AvgIpc) is 3.11. The van der Waals surface area contributed by atoms with Gasteiger partial charge in [-0.05, 0) is 59.2 Å². The van der Waals surface area contributed by atoms with Crippen LogP contribution in [0.15, 0.2) is 48.0 Å². The van der Waals surface area contributed by atoms with Crippen molar-refractivity contribution in [3.63, 3.8) is 0 Å². The standard InChI is InChI=1S/C24H27NO3/c1-4-7-23(26)25-13-12-19-18-9-6-5-8-16(18)14-20(19)24(25)17-10-11-21(27-2)22(15-17)28-3/h5-6,8-11,15,24H,4,7,12-14H2,1-3H3. The second-order valence-corrected chi connectivity index (χ2v) is 7.44. The van der Waals surface area contributed by atoms with Gasteiger partial charge in [-0.15, -0.1) is 0 Å². The summed E-state index contributed by atoms with van der Waals surface area (Å²) < 4.78 is 11.0. The molecule has 2 aromatic rings. The lowest BCUT2D eigenvalue weighted by Gasteiger charge is -2.38. The Morgan fingerprint density at radius 3 is 2.64 bits per heavy atom. The van der Waals surface area contributed by atoms with Crippen molar-refractivity contribution >= 4 is 11.5 Å². The van der Waals surface area contributed by atoms with Gasteiger partial charge in [0.15, 0.2) is 11.5 Å². The number of methoxy groups -OCH3 is 2. The van der Waals surface area contributed by atoms with E-state index in [1.807, 2.05) is 12.1 Å². The third-order valence-electron chi connectivity index (χ3n) is 5.86. The molecule has 4 heteroatoms. The van der Waals surface area contributed by atoms with Gasteiger partial charge in [0, 0.05) is 13.0 Å². The number of ether oxygens (including phenoxy) is 2. The lowest BCUT2D eigenvalue weighted by atomic mass is 9.88. The van der Waals surface area contributed by atoms with Gasteiger partial charge in [0.2, 0.25) is 5.91 Å². The van der Waals surface area contributed by atoms with Gasteiger partial charge in [0.05, 0.1) is 20.3 Å². The molecular formula is C24H27NO3. The lowest BCUT2D eigenvalue weighted by Crippen LogP contribution is -2.39. The van der Waals surface area contributed by atoms with E-state index in [9.17, 15) is 4.79 Å². The molecule has 1 aliphatic carbocycles. The molecule has 0 fully saturated rings. The lowest BCUT2D eigenvalue weighted by molar-refractivity contribution is -0.133. The SMILES string of the molecule is CCCC(=O)N1CCC2=C(Cc3ccccc32)C1c1ccc(OC)c(OC)c1. The number of fused-ring (bicyclic) bond motifs is 2. The first-order valence-corrected chi connectivity index (χ1v) is 9.99. The van der Waals surface area contributed by atoms with Crippen LogP contribution in [0.25, 0.3) is 5.57 Å². The van der Waals surface area contributed by atoms with Crippen molar-refractivity contribution in [1.29, 1.82) is 0 Å². The fourth-order valence-corrected chi connectivity index (χ4v) is 4.59. The summed E-state index contributed by atoms with van der Waals surface area (Å²) in [6, 6.07) is 14.6. The summed E-state index contributed by atoms with van der Waals surface area (Å²) >= 11 is 0. The first-order chi connectivity index (χ1) is 13.7. The number of hydrogen-bond acceptors (Lipinski definition) is 3. The van der Waals surface area contributed by atoms with Crippen LogP contribution in [0.3, 0.4) is 0 Å². The van der Waals surface area contributed by atoms with Gasteiger partial charge >= 0.3 is 0 Å². The zero-order valence-electron chi connectivity index (χ0n) is 16.8. The minimum atomic E-state index is -0.0463. The molecule has 0 N–H and O–H groups in total. The number of hydrogen-bond donors (Lipinski definition) is 0. The highest BCUT2D eigenvalue weighted by Gasteiger charge is 2.37. The van der Waals surface area contributed by atoms with Crippen molar-refractivity contribution in [2.45, 2.75) is 38.6 Å². The molecule has 1 amide bonds. The molecule has 0 bridgehead atoms. The third-order valence-corrected chi connectivity index (χ3v) is 5.86. The Balaban J connectivity index is 1.81. The normalized spacial score (nSPS) is 18.0. The smallest absolute Gasteiger partial charge is 0.223 e. The van der Waals surface area contributed by atoms with E-state index >= 15 is 0 Å². The Labute approximate surface area is 166 Å². The van der Waals surface area contributed by atoms with Gasteiger partial charge in [-0.3, -0.25) is 4.79 Å². The first kappa shape index (κ1) is 18.6. The number of carbonyl (C=O) groups is 1. The first-order valence-electron chi connectivity index (χ1n) is 9.99. The summed E-state index contributed by atoms with van der Waals surface area (Å²) in [5.41, 5.74) is 6.57. The quantitative estimate of drug-likeness (QED) is 0.752.